The lowest BCUT2D eigenvalue weighted by atomic mass is 9.97. The van der Waals surface area contributed by atoms with Crippen LogP contribution in [0.3, 0.4) is 0 Å². The van der Waals surface area contributed by atoms with E-state index >= 15 is 0 Å². The van der Waals surface area contributed by atoms with Gasteiger partial charge < -0.3 is 10.2 Å². The van der Waals surface area contributed by atoms with E-state index < -0.39 is 0 Å². The number of pyridine rings is 1. The van der Waals surface area contributed by atoms with Crippen LogP contribution >= 0.6 is 0 Å². The molecule has 1 N–H and O–H groups in total. The molecule has 1 fully saturated rings. The molecular weight excluding hydrogens is 302 g/mol. The van der Waals surface area contributed by atoms with Crippen molar-refractivity contribution in [2.75, 3.05) is 25.0 Å². The number of nitrogens with one attached hydrogen (secondary N) is 1. The van der Waals surface area contributed by atoms with E-state index in [-0.39, 0.29) is 11.8 Å². The van der Waals surface area contributed by atoms with Crippen LogP contribution in [0.1, 0.15) is 24.1 Å². The van der Waals surface area contributed by atoms with Gasteiger partial charge in [-0.25, -0.2) is 9.97 Å². The van der Waals surface area contributed by atoms with Gasteiger partial charge in [0.2, 0.25) is 5.91 Å². The molecule has 2 aromatic heterocycles. The van der Waals surface area contributed by atoms with E-state index in [1.165, 1.54) is 0 Å². The highest BCUT2D eigenvalue weighted by Gasteiger charge is 2.27. The van der Waals surface area contributed by atoms with Crippen molar-refractivity contribution in [3.63, 3.8) is 0 Å². The molecule has 1 atom stereocenters. The van der Waals surface area contributed by atoms with Crippen molar-refractivity contribution in [3.8, 4) is 11.4 Å². The first kappa shape index (κ1) is 16.4. The van der Waals surface area contributed by atoms with Crippen LogP contribution in [0, 0.1) is 19.8 Å². The minimum atomic E-state index is 0.0141. The molecule has 1 saturated heterocycles. The molecule has 126 valence electrons. The van der Waals surface area contributed by atoms with E-state index in [0.717, 1.165) is 42.0 Å². The SMILES string of the molecule is CNC(=O)[C@@H]1CCCN(c2nc(-c3cccnc3)nc(C)c2C)C1. The largest absolute Gasteiger partial charge is 0.359 e. The van der Waals surface area contributed by atoms with Gasteiger partial charge in [0.05, 0.1) is 5.92 Å². The third-order valence-electron chi connectivity index (χ3n) is 4.62. The summed E-state index contributed by atoms with van der Waals surface area (Å²) in [5.41, 5.74) is 2.93. The Morgan fingerprint density at radius 1 is 1.33 bits per heavy atom. The molecule has 3 heterocycles. The Bertz CT molecular complexity index is 732. The fourth-order valence-corrected chi connectivity index (χ4v) is 3.13. The van der Waals surface area contributed by atoms with Crippen LogP contribution in [0.15, 0.2) is 24.5 Å². The van der Waals surface area contributed by atoms with E-state index in [1.54, 1.807) is 19.4 Å². The third-order valence-corrected chi connectivity index (χ3v) is 4.62. The zero-order valence-corrected chi connectivity index (χ0v) is 14.4. The number of rotatable bonds is 3. The number of piperidine rings is 1. The van der Waals surface area contributed by atoms with Crippen LogP contribution in [-0.4, -0.2) is 41.0 Å². The molecule has 6 heteroatoms. The molecule has 0 unspecified atom stereocenters. The molecule has 1 aliphatic rings. The molecular formula is C18H23N5O. The van der Waals surface area contributed by atoms with E-state index in [1.807, 2.05) is 26.0 Å². The van der Waals surface area contributed by atoms with Crippen molar-refractivity contribution in [3.05, 3.63) is 35.8 Å². The van der Waals surface area contributed by atoms with Crippen LogP contribution in [0.5, 0.6) is 0 Å². The molecule has 3 rings (SSSR count). The number of carbonyl (C=O) groups excluding carboxylic acids is 1. The van der Waals surface area contributed by atoms with Gasteiger partial charge in [-0.2, -0.15) is 0 Å². The van der Waals surface area contributed by atoms with Crippen LogP contribution < -0.4 is 10.2 Å². The summed E-state index contributed by atoms with van der Waals surface area (Å²) in [6, 6.07) is 3.85. The quantitative estimate of drug-likeness (QED) is 0.936. The normalized spacial score (nSPS) is 17.6. The van der Waals surface area contributed by atoms with Gasteiger partial charge in [0.1, 0.15) is 5.82 Å². The van der Waals surface area contributed by atoms with E-state index in [2.05, 4.69) is 20.2 Å². The summed E-state index contributed by atoms with van der Waals surface area (Å²) in [5, 5.41) is 2.76. The highest BCUT2D eigenvalue weighted by Crippen LogP contribution is 2.28. The second kappa shape index (κ2) is 6.95. The number of hydrogen-bond donors (Lipinski definition) is 1. The van der Waals surface area contributed by atoms with Crippen molar-refractivity contribution >= 4 is 11.7 Å². The molecule has 0 aromatic carbocycles. The number of aryl methyl sites for hydroxylation is 1. The van der Waals surface area contributed by atoms with Crippen LogP contribution in [-0.2, 0) is 4.79 Å². The standard InChI is InChI=1S/C18H23N5O/c1-12-13(2)21-16(14-6-4-8-20-10-14)22-17(12)23-9-5-7-15(11-23)18(24)19-3/h4,6,8,10,15H,5,7,9,11H2,1-3H3,(H,19,24)/t15-/m1/s1. The molecule has 24 heavy (non-hydrogen) atoms. The fraction of sp³-hybridized carbons (Fsp3) is 0.444. The lowest BCUT2D eigenvalue weighted by Crippen LogP contribution is -2.42. The third kappa shape index (κ3) is 3.22. The predicted molar refractivity (Wildman–Crippen MR) is 93.7 cm³/mol. The summed E-state index contributed by atoms with van der Waals surface area (Å²) in [6.07, 6.45) is 5.43. The van der Waals surface area contributed by atoms with Gasteiger partial charge in [0, 0.05) is 49.4 Å². The van der Waals surface area contributed by atoms with Crippen LogP contribution in [0.4, 0.5) is 5.82 Å². The molecule has 0 radical (unpaired) electrons. The average molecular weight is 325 g/mol. The van der Waals surface area contributed by atoms with Crippen molar-refractivity contribution < 1.29 is 4.79 Å². The minimum Gasteiger partial charge on any atom is -0.359 e. The maximum absolute atomic E-state index is 12.0. The summed E-state index contributed by atoms with van der Waals surface area (Å²) >= 11 is 0. The van der Waals surface area contributed by atoms with Crippen LogP contribution in [0.2, 0.25) is 0 Å². The summed E-state index contributed by atoms with van der Waals surface area (Å²) < 4.78 is 0. The zero-order valence-electron chi connectivity index (χ0n) is 14.4. The molecule has 6 nitrogen and oxygen atoms in total. The van der Waals surface area contributed by atoms with Crippen LogP contribution in [0.25, 0.3) is 11.4 Å². The monoisotopic (exact) mass is 325 g/mol. The predicted octanol–water partition coefficient (Wildman–Crippen LogP) is 2.12. The van der Waals surface area contributed by atoms with Crippen molar-refractivity contribution in [1.82, 2.24) is 20.3 Å². The Kier molecular flexibility index (Phi) is 4.74. The first-order chi connectivity index (χ1) is 11.6. The van der Waals surface area contributed by atoms with Crippen molar-refractivity contribution in [2.45, 2.75) is 26.7 Å². The molecule has 0 spiro atoms. The highest BCUT2D eigenvalue weighted by molar-refractivity contribution is 5.79. The Morgan fingerprint density at radius 3 is 2.88 bits per heavy atom. The number of aromatic nitrogens is 3. The fourth-order valence-electron chi connectivity index (χ4n) is 3.13. The van der Waals surface area contributed by atoms with Gasteiger partial charge in [0.15, 0.2) is 5.82 Å². The number of hydrogen-bond acceptors (Lipinski definition) is 5. The minimum absolute atomic E-state index is 0.0141. The Labute approximate surface area is 142 Å². The van der Waals surface area contributed by atoms with Crippen molar-refractivity contribution in [1.29, 1.82) is 0 Å². The Balaban J connectivity index is 1.95. The number of amides is 1. The van der Waals surface area contributed by atoms with Crippen molar-refractivity contribution in [2.24, 2.45) is 5.92 Å². The molecule has 0 saturated carbocycles. The van der Waals surface area contributed by atoms with Gasteiger partial charge in [-0.05, 0) is 38.8 Å². The van der Waals surface area contributed by atoms with E-state index in [9.17, 15) is 4.79 Å². The number of carbonyl (C=O) groups is 1. The smallest absolute Gasteiger partial charge is 0.224 e. The maximum Gasteiger partial charge on any atom is 0.224 e. The average Bonchev–Trinajstić information content (AvgIpc) is 2.64. The summed E-state index contributed by atoms with van der Waals surface area (Å²) in [5.74, 6) is 1.73. The second-order valence-corrected chi connectivity index (χ2v) is 6.22. The molecule has 1 aliphatic heterocycles. The molecule has 0 bridgehead atoms. The second-order valence-electron chi connectivity index (χ2n) is 6.22. The maximum atomic E-state index is 12.0. The van der Waals surface area contributed by atoms with Gasteiger partial charge >= 0.3 is 0 Å². The van der Waals surface area contributed by atoms with E-state index in [0.29, 0.717) is 12.4 Å². The summed E-state index contributed by atoms with van der Waals surface area (Å²) in [4.78, 5) is 27.8. The summed E-state index contributed by atoms with van der Waals surface area (Å²) in [7, 11) is 1.70. The number of anilines is 1. The van der Waals surface area contributed by atoms with E-state index in [4.69, 9.17) is 4.98 Å². The zero-order chi connectivity index (χ0) is 17.1. The number of nitrogens with zero attached hydrogens (tertiary/aromatic N) is 4. The van der Waals surface area contributed by atoms with Gasteiger partial charge in [-0.1, -0.05) is 0 Å². The molecule has 0 aliphatic carbocycles. The lowest BCUT2D eigenvalue weighted by molar-refractivity contribution is -0.124. The Hall–Kier alpha value is -2.50. The Morgan fingerprint density at radius 2 is 2.17 bits per heavy atom. The van der Waals surface area contributed by atoms with Gasteiger partial charge in [0.25, 0.3) is 0 Å². The highest BCUT2D eigenvalue weighted by atomic mass is 16.1. The molecule has 2 aromatic rings. The lowest BCUT2D eigenvalue weighted by Gasteiger charge is -2.33. The first-order valence-corrected chi connectivity index (χ1v) is 8.32. The molecule has 1 amide bonds. The first-order valence-electron chi connectivity index (χ1n) is 8.32. The van der Waals surface area contributed by atoms with Gasteiger partial charge in [-0.3, -0.25) is 9.78 Å². The topological polar surface area (TPSA) is 71.0 Å². The van der Waals surface area contributed by atoms with Gasteiger partial charge in [-0.15, -0.1) is 0 Å². The summed E-state index contributed by atoms with van der Waals surface area (Å²) in [6.45, 7) is 5.66.